The van der Waals surface area contributed by atoms with Crippen LogP contribution >= 0.6 is 0 Å². The zero-order chi connectivity index (χ0) is 11.4. The lowest BCUT2D eigenvalue weighted by atomic mass is 10.2. The highest BCUT2D eigenvalue weighted by molar-refractivity contribution is 5.80. The molecule has 5 heteroatoms. The molecule has 1 atom stereocenters. The molecule has 0 aliphatic carbocycles. The van der Waals surface area contributed by atoms with Crippen LogP contribution in [0.2, 0.25) is 0 Å². The summed E-state index contributed by atoms with van der Waals surface area (Å²) in [6, 6.07) is -1.29. The Morgan fingerprint density at radius 3 is 1.54 bits per heavy atom. The highest BCUT2D eigenvalue weighted by Crippen LogP contribution is 1.86. The lowest BCUT2D eigenvalue weighted by molar-refractivity contribution is -0.144. The van der Waals surface area contributed by atoms with Crippen LogP contribution in [0.4, 0.5) is 0 Å². The van der Waals surface area contributed by atoms with Gasteiger partial charge in [0.1, 0.15) is 6.04 Å². The van der Waals surface area contributed by atoms with Crippen molar-refractivity contribution in [1.82, 2.24) is 0 Å². The predicted molar refractivity (Wildman–Crippen MR) is 50.4 cm³/mol. The van der Waals surface area contributed by atoms with Gasteiger partial charge in [0.05, 0.1) is 6.42 Å². The monoisotopic (exact) mass is 189 g/mol. The van der Waals surface area contributed by atoms with Crippen molar-refractivity contribution >= 4 is 11.9 Å². The molecule has 0 rings (SSSR count). The molecule has 0 aromatic heterocycles. The van der Waals surface area contributed by atoms with Gasteiger partial charge in [-0.05, 0) is 0 Å². The Bertz CT molecular complexity index is 156. The quantitative estimate of drug-likeness (QED) is 0.560. The van der Waals surface area contributed by atoms with E-state index in [9.17, 15) is 9.59 Å². The van der Waals surface area contributed by atoms with Crippen LogP contribution in [0.5, 0.6) is 0 Å². The van der Waals surface area contributed by atoms with Gasteiger partial charge < -0.3 is 15.9 Å². The van der Waals surface area contributed by atoms with Gasteiger partial charge in [0.15, 0.2) is 0 Å². The normalized spacial score (nSPS) is 9.31. The highest BCUT2D eigenvalue weighted by Gasteiger charge is 2.14. The van der Waals surface area contributed by atoms with E-state index in [4.69, 9.17) is 15.9 Å². The summed E-state index contributed by atoms with van der Waals surface area (Å²) in [6.07, 6.45) is -0.532. The minimum atomic E-state index is -1.29. The number of carboxylic acid groups (broad SMARTS) is 2. The third kappa shape index (κ3) is 17.9. The Morgan fingerprint density at radius 1 is 1.15 bits per heavy atom. The van der Waals surface area contributed by atoms with Gasteiger partial charge in [0.25, 0.3) is 0 Å². The minimum Gasteiger partial charge on any atom is -0.481 e. The van der Waals surface area contributed by atoms with Crippen molar-refractivity contribution in [2.45, 2.75) is 12.5 Å². The SMILES string of the molecule is C=C.C=C.NC(CC(=O)O)C(=O)O. The Balaban J connectivity index is -0.000000218. The molecule has 0 fully saturated rings. The Kier molecular flexibility index (Phi) is 17.5. The second-order valence-electron chi connectivity index (χ2n) is 1.54. The molecule has 0 radical (unpaired) electrons. The lowest BCUT2D eigenvalue weighted by Gasteiger charge is -1.99. The molecule has 0 saturated heterocycles. The maximum absolute atomic E-state index is 9.85. The topological polar surface area (TPSA) is 101 Å². The first kappa shape index (κ1) is 17.5. The lowest BCUT2D eigenvalue weighted by Crippen LogP contribution is -2.32. The van der Waals surface area contributed by atoms with Crippen LogP contribution in [-0.2, 0) is 9.59 Å². The maximum Gasteiger partial charge on any atom is 0.321 e. The largest absolute Gasteiger partial charge is 0.481 e. The molecule has 0 aromatic rings. The molecule has 4 N–H and O–H groups in total. The van der Waals surface area contributed by atoms with Gasteiger partial charge in [-0.15, -0.1) is 26.3 Å². The fourth-order valence-corrected chi connectivity index (χ4v) is 0.275. The van der Waals surface area contributed by atoms with Crippen molar-refractivity contribution in [3.05, 3.63) is 26.3 Å². The number of nitrogens with two attached hydrogens (primary N) is 1. The fourth-order valence-electron chi connectivity index (χ4n) is 0.275. The summed E-state index contributed by atoms with van der Waals surface area (Å²) in [6.45, 7) is 12.0. The summed E-state index contributed by atoms with van der Waals surface area (Å²) in [4.78, 5) is 19.6. The van der Waals surface area contributed by atoms with E-state index in [1.54, 1.807) is 0 Å². The first-order valence-electron chi connectivity index (χ1n) is 3.24. The van der Waals surface area contributed by atoms with E-state index in [-0.39, 0.29) is 0 Å². The van der Waals surface area contributed by atoms with Gasteiger partial charge >= 0.3 is 11.9 Å². The van der Waals surface area contributed by atoms with Gasteiger partial charge in [-0.25, -0.2) is 0 Å². The van der Waals surface area contributed by atoms with Gasteiger partial charge in [-0.3, -0.25) is 9.59 Å². The number of carbonyl (C=O) groups is 2. The van der Waals surface area contributed by atoms with Crippen molar-refractivity contribution in [1.29, 1.82) is 0 Å². The Labute approximate surface area is 77.2 Å². The Hall–Kier alpha value is -1.62. The summed E-state index contributed by atoms with van der Waals surface area (Å²) < 4.78 is 0. The van der Waals surface area contributed by atoms with Crippen LogP contribution in [0.3, 0.4) is 0 Å². The second kappa shape index (κ2) is 13.0. The first-order chi connectivity index (χ1) is 6.04. The molecule has 1 unspecified atom stereocenters. The van der Waals surface area contributed by atoms with Crippen molar-refractivity contribution < 1.29 is 19.8 Å². The van der Waals surface area contributed by atoms with E-state index < -0.39 is 24.4 Å². The molecular weight excluding hydrogens is 174 g/mol. The first-order valence-corrected chi connectivity index (χ1v) is 3.24. The standard InChI is InChI=1S/C4H7NO4.2C2H4/c5-2(4(8)9)1-3(6)7;2*1-2/h2H,1,5H2,(H,6,7)(H,8,9);2*1-2H2. The van der Waals surface area contributed by atoms with Crippen LogP contribution in [0, 0.1) is 0 Å². The molecule has 0 saturated carbocycles. The average molecular weight is 189 g/mol. The third-order valence-electron chi connectivity index (χ3n) is 0.712. The van der Waals surface area contributed by atoms with Crippen LogP contribution in [0.1, 0.15) is 6.42 Å². The summed E-state index contributed by atoms with van der Waals surface area (Å²) in [5, 5.41) is 16.0. The molecule has 0 amide bonds. The zero-order valence-corrected chi connectivity index (χ0v) is 7.40. The number of hydrogen-bond donors (Lipinski definition) is 3. The molecule has 76 valence electrons. The van der Waals surface area contributed by atoms with E-state index in [0.717, 1.165) is 0 Å². The van der Waals surface area contributed by atoms with E-state index in [2.05, 4.69) is 26.3 Å². The summed E-state index contributed by atoms with van der Waals surface area (Å²) in [5.41, 5.74) is 4.84. The van der Waals surface area contributed by atoms with Crippen LogP contribution in [0.25, 0.3) is 0 Å². The summed E-state index contributed by atoms with van der Waals surface area (Å²) in [5.74, 6) is -2.50. The number of carboxylic acids is 2. The molecule has 0 spiro atoms. The predicted octanol–water partition coefficient (Wildman–Crippen LogP) is 0.477. The van der Waals surface area contributed by atoms with E-state index >= 15 is 0 Å². The zero-order valence-electron chi connectivity index (χ0n) is 7.40. The maximum atomic E-state index is 9.85. The molecule has 0 aromatic carbocycles. The number of hydrogen-bond acceptors (Lipinski definition) is 3. The van der Waals surface area contributed by atoms with Crippen molar-refractivity contribution in [3.8, 4) is 0 Å². The summed E-state index contributed by atoms with van der Waals surface area (Å²) in [7, 11) is 0. The molecule has 0 bridgehead atoms. The van der Waals surface area contributed by atoms with Gasteiger partial charge in [0.2, 0.25) is 0 Å². The molecular formula is C8H15NO4. The second-order valence-corrected chi connectivity index (χ2v) is 1.54. The fraction of sp³-hybridized carbons (Fsp3) is 0.250. The number of rotatable bonds is 3. The van der Waals surface area contributed by atoms with Crippen molar-refractivity contribution in [3.63, 3.8) is 0 Å². The number of aliphatic carboxylic acids is 2. The van der Waals surface area contributed by atoms with Crippen molar-refractivity contribution in [2.24, 2.45) is 5.73 Å². The third-order valence-corrected chi connectivity index (χ3v) is 0.712. The van der Waals surface area contributed by atoms with Crippen LogP contribution in [-0.4, -0.2) is 28.2 Å². The van der Waals surface area contributed by atoms with E-state index in [1.807, 2.05) is 0 Å². The van der Waals surface area contributed by atoms with E-state index in [1.165, 1.54) is 0 Å². The van der Waals surface area contributed by atoms with Crippen LogP contribution < -0.4 is 5.73 Å². The molecule has 0 aliphatic rings. The smallest absolute Gasteiger partial charge is 0.321 e. The molecule has 13 heavy (non-hydrogen) atoms. The average Bonchev–Trinajstić information content (AvgIpc) is 2.10. The molecule has 5 nitrogen and oxygen atoms in total. The van der Waals surface area contributed by atoms with E-state index in [0.29, 0.717) is 0 Å². The summed E-state index contributed by atoms with van der Waals surface area (Å²) >= 11 is 0. The highest BCUT2D eigenvalue weighted by atomic mass is 16.4. The van der Waals surface area contributed by atoms with Gasteiger partial charge in [-0.1, -0.05) is 0 Å². The molecule has 0 heterocycles. The van der Waals surface area contributed by atoms with Gasteiger partial charge in [-0.2, -0.15) is 0 Å². The minimum absolute atomic E-state index is 0.532. The van der Waals surface area contributed by atoms with Crippen LogP contribution in [0.15, 0.2) is 26.3 Å². The van der Waals surface area contributed by atoms with Crippen molar-refractivity contribution in [2.75, 3.05) is 0 Å². The molecule has 0 aliphatic heterocycles. The Morgan fingerprint density at radius 2 is 1.46 bits per heavy atom. The van der Waals surface area contributed by atoms with Gasteiger partial charge in [0, 0.05) is 0 Å².